The summed E-state index contributed by atoms with van der Waals surface area (Å²) in [6, 6.07) is 10.5. The molecule has 1 amide bonds. The first-order chi connectivity index (χ1) is 11.8. The van der Waals surface area contributed by atoms with E-state index in [9.17, 15) is 17.6 Å². The van der Waals surface area contributed by atoms with Gasteiger partial charge in [-0.25, -0.2) is 12.8 Å². The zero-order valence-corrected chi connectivity index (χ0v) is 15.0. The van der Waals surface area contributed by atoms with Crippen molar-refractivity contribution >= 4 is 33.2 Å². The smallest absolute Gasteiger partial charge is 0.245 e. The highest BCUT2D eigenvalue weighted by Crippen LogP contribution is 2.26. The van der Waals surface area contributed by atoms with Crippen molar-refractivity contribution in [1.82, 2.24) is 4.31 Å². The van der Waals surface area contributed by atoms with Crippen LogP contribution in [0.15, 0.2) is 53.4 Å². The zero-order valence-electron chi connectivity index (χ0n) is 13.4. The van der Waals surface area contributed by atoms with Gasteiger partial charge in [-0.15, -0.1) is 0 Å². The Morgan fingerprint density at radius 1 is 1.04 bits per heavy atom. The van der Waals surface area contributed by atoms with Crippen molar-refractivity contribution in [3.8, 4) is 0 Å². The summed E-state index contributed by atoms with van der Waals surface area (Å²) in [4.78, 5) is 14.2. The van der Waals surface area contributed by atoms with E-state index in [0.717, 1.165) is 0 Å². The van der Waals surface area contributed by atoms with Crippen LogP contribution in [0.3, 0.4) is 0 Å². The summed E-state index contributed by atoms with van der Waals surface area (Å²) in [5, 5.41) is 0.434. The van der Waals surface area contributed by atoms with Gasteiger partial charge in [0.2, 0.25) is 15.9 Å². The lowest BCUT2D eigenvalue weighted by Crippen LogP contribution is -2.57. The van der Waals surface area contributed by atoms with Crippen LogP contribution in [0, 0.1) is 5.82 Å². The SMILES string of the molecule is C[C@@H]1C(=O)N(c2ccc(F)cc2)CCN1S(=O)(=O)c1ccc(Cl)cc1. The maximum absolute atomic E-state index is 13.1. The molecular weight excluding hydrogens is 367 g/mol. The summed E-state index contributed by atoms with van der Waals surface area (Å²) in [6.07, 6.45) is 0. The van der Waals surface area contributed by atoms with Gasteiger partial charge in [-0.05, 0) is 55.5 Å². The fourth-order valence-electron chi connectivity index (χ4n) is 2.80. The van der Waals surface area contributed by atoms with Crippen LogP contribution >= 0.6 is 11.6 Å². The molecule has 1 aliphatic heterocycles. The van der Waals surface area contributed by atoms with Gasteiger partial charge >= 0.3 is 0 Å². The number of halogens is 2. The Morgan fingerprint density at radius 2 is 1.64 bits per heavy atom. The second-order valence-corrected chi connectivity index (χ2v) is 8.04. The lowest BCUT2D eigenvalue weighted by Gasteiger charge is -2.38. The molecular formula is C17H16ClFN2O3S. The Labute approximate surface area is 150 Å². The Hall–Kier alpha value is -1.96. The van der Waals surface area contributed by atoms with Crippen molar-refractivity contribution in [1.29, 1.82) is 0 Å². The second kappa shape index (κ2) is 6.74. The monoisotopic (exact) mass is 382 g/mol. The van der Waals surface area contributed by atoms with Gasteiger partial charge in [0, 0.05) is 23.8 Å². The number of amides is 1. The van der Waals surface area contributed by atoms with Gasteiger partial charge in [-0.3, -0.25) is 4.79 Å². The van der Waals surface area contributed by atoms with Crippen LogP contribution in [-0.4, -0.2) is 37.8 Å². The average molecular weight is 383 g/mol. The molecule has 1 saturated heterocycles. The number of rotatable bonds is 3. The molecule has 3 rings (SSSR count). The maximum Gasteiger partial charge on any atom is 0.245 e. The highest BCUT2D eigenvalue weighted by atomic mass is 35.5. The van der Waals surface area contributed by atoms with Crippen molar-refractivity contribution in [3.63, 3.8) is 0 Å². The minimum absolute atomic E-state index is 0.0896. The number of piperazine rings is 1. The highest BCUT2D eigenvalue weighted by molar-refractivity contribution is 7.89. The van der Waals surface area contributed by atoms with E-state index >= 15 is 0 Å². The highest BCUT2D eigenvalue weighted by Gasteiger charge is 2.39. The largest absolute Gasteiger partial charge is 0.310 e. The van der Waals surface area contributed by atoms with E-state index in [2.05, 4.69) is 0 Å². The molecule has 2 aromatic rings. The topological polar surface area (TPSA) is 57.7 Å². The molecule has 1 atom stereocenters. The predicted molar refractivity (Wildman–Crippen MR) is 93.6 cm³/mol. The Balaban J connectivity index is 1.86. The number of hydrogen-bond acceptors (Lipinski definition) is 3. The molecule has 0 radical (unpaired) electrons. The molecule has 0 bridgehead atoms. The van der Waals surface area contributed by atoms with Crippen LogP contribution < -0.4 is 4.90 Å². The summed E-state index contributed by atoms with van der Waals surface area (Å²) in [7, 11) is -3.81. The van der Waals surface area contributed by atoms with E-state index in [1.807, 2.05) is 0 Å². The lowest BCUT2D eigenvalue weighted by atomic mass is 10.2. The van der Waals surface area contributed by atoms with Crippen LogP contribution in [0.1, 0.15) is 6.92 Å². The van der Waals surface area contributed by atoms with Gasteiger partial charge < -0.3 is 4.90 Å². The molecule has 5 nitrogen and oxygen atoms in total. The third-order valence-corrected chi connectivity index (χ3v) is 6.39. The van der Waals surface area contributed by atoms with Crippen LogP contribution in [0.4, 0.5) is 10.1 Å². The van der Waals surface area contributed by atoms with Gasteiger partial charge in [0.1, 0.15) is 11.9 Å². The number of hydrogen-bond donors (Lipinski definition) is 0. The number of sulfonamides is 1. The molecule has 132 valence electrons. The van der Waals surface area contributed by atoms with E-state index in [4.69, 9.17) is 11.6 Å². The summed E-state index contributed by atoms with van der Waals surface area (Å²) in [5.74, 6) is -0.747. The van der Waals surface area contributed by atoms with Gasteiger partial charge in [0.25, 0.3) is 0 Å². The Morgan fingerprint density at radius 3 is 2.24 bits per heavy atom. The molecule has 0 aliphatic carbocycles. The van der Waals surface area contributed by atoms with Gasteiger partial charge in [-0.2, -0.15) is 4.31 Å². The molecule has 8 heteroatoms. The number of nitrogens with zero attached hydrogens (tertiary/aromatic N) is 2. The van der Waals surface area contributed by atoms with Crippen molar-refractivity contribution in [2.24, 2.45) is 0 Å². The molecule has 25 heavy (non-hydrogen) atoms. The minimum Gasteiger partial charge on any atom is -0.310 e. The van der Waals surface area contributed by atoms with Gasteiger partial charge in [0.15, 0.2) is 0 Å². The van der Waals surface area contributed by atoms with Gasteiger partial charge in [-0.1, -0.05) is 11.6 Å². The van der Waals surface area contributed by atoms with Crippen molar-refractivity contribution in [3.05, 3.63) is 59.4 Å². The third kappa shape index (κ3) is 3.40. The zero-order chi connectivity index (χ0) is 18.2. The molecule has 0 saturated carbocycles. The molecule has 0 unspecified atom stereocenters. The van der Waals surface area contributed by atoms with E-state index in [1.165, 1.54) is 57.7 Å². The summed E-state index contributed by atoms with van der Waals surface area (Å²) >= 11 is 5.80. The fourth-order valence-corrected chi connectivity index (χ4v) is 4.50. The number of benzene rings is 2. The summed E-state index contributed by atoms with van der Waals surface area (Å²) < 4.78 is 39.9. The lowest BCUT2D eigenvalue weighted by molar-refractivity contribution is -0.123. The first-order valence-electron chi connectivity index (χ1n) is 7.65. The molecule has 0 aromatic heterocycles. The molecule has 0 N–H and O–H groups in total. The van der Waals surface area contributed by atoms with E-state index in [-0.39, 0.29) is 23.9 Å². The molecule has 2 aromatic carbocycles. The summed E-state index contributed by atoms with van der Waals surface area (Å²) in [6.45, 7) is 1.89. The second-order valence-electron chi connectivity index (χ2n) is 5.71. The maximum atomic E-state index is 13.1. The van der Waals surface area contributed by atoms with Crippen LogP contribution in [0.5, 0.6) is 0 Å². The standard InChI is InChI=1S/C17H16ClFN2O3S/c1-12-17(22)20(15-6-4-14(19)5-7-15)10-11-21(12)25(23,24)16-8-2-13(18)3-9-16/h2-9,12H,10-11H2,1H3/t12-/m1/s1. The first-order valence-corrected chi connectivity index (χ1v) is 9.47. The quantitative estimate of drug-likeness (QED) is 0.820. The summed E-state index contributed by atoms with van der Waals surface area (Å²) in [5.41, 5.74) is 0.543. The van der Waals surface area contributed by atoms with Crippen molar-refractivity contribution in [2.75, 3.05) is 18.0 Å². The molecule has 0 spiro atoms. The van der Waals surface area contributed by atoms with Crippen LogP contribution in [0.25, 0.3) is 0 Å². The normalized spacial score (nSPS) is 19.2. The number of anilines is 1. The number of carbonyl (C=O) groups is 1. The average Bonchev–Trinajstić information content (AvgIpc) is 2.58. The van der Waals surface area contributed by atoms with E-state index in [0.29, 0.717) is 10.7 Å². The first kappa shape index (κ1) is 17.8. The van der Waals surface area contributed by atoms with Crippen LogP contribution in [-0.2, 0) is 14.8 Å². The van der Waals surface area contributed by atoms with Crippen molar-refractivity contribution in [2.45, 2.75) is 17.9 Å². The fraction of sp³-hybridized carbons (Fsp3) is 0.235. The van der Waals surface area contributed by atoms with E-state index < -0.39 is 21.9 Å². The van der Waals surface area contributed by atoms with Crippen LogP contribution in [0.2, 0.25) is 5.02 Å². The predicted octanol–water partition coefficient (Wildman–Crippen LogP) is 2.91. The Kier molecular flexibility index (Phi) is 4.81. The Bertz CT molecular complexity index is 885. The molecule has 1 aliphatic rings. The molecule has 1 fully saturated rings. The third-order valence-electron chi connectivity index (χ3n) is 4.16. The van der Waals surface area contributed by atoms with Crippen molar-refractivity contribution < 1.29 is 17.6 Å². The van der Waals surface area contributed by atoms with Gasteiger partial charge in [0.05, 0.1) is 4.90 Å². The van der Waals surface area contributed by atoms with E-state index in [1.54, 1.807) is 6.92 Å². The minimum atomic E-state index is -3.81. The number of carbonyl (C=O) groups excluding carboxylic acids is 1. The molecule has 1 heterocycles.